The lowest BCUT2D eigenvalue weighted by molar-refractivity contribution is -0.135. The number of fused-ring (bicyclic) bond motifs is 4. The molecule has 1 unspecified atom stereocenters. The second-order valence-corrected chi connectivity index (χ2v) is 16.8. The highest BCUT2D eigenvalue weighted by molar-refractivity contribution is 5.89. The first-order chi connectivity index (χ1) is 30.9. The number of methoxy groups -OCH3 is 2. The Bertz CT molecular complexity index is 2770. The summed E-state index contributed by atoms with van der Waals surface area (Å²) in [5.74, 6) is -2.86. The molecule has 4 aromatic carbocycles. The number of amides is 4. The van der Waals surface area contributed by atoms with Gasteiger partial charge >= 0.3 is 12.2 Å². The van der Waals surface area contributed by atoms with E-state index in [0.29, 0.717) is 87.7 Å². The van der Waals surface area contributed by atoms with Crippen LogP contribution in [0.5, 0.6) is 0 Å². The highest BCUT2D eigenvalue weighted by Crippen LogP contribution is 2.53. The molecule has 2 saturated heterocycles. The van der Waals surface area contributed by atoms with Crippen molar-refractivity contribution in [1.82, 2.24) is 40.4 Å². The van der Waals surface area contributed by atoms with Crippen LogP contribution in [0.3, 0.4) is 0 Å². The van der Waals surface area contributed by atoms with E-state index < -0.39 is 30.2 Å². The molecule has 2 aromatic heterocycles. The fraction of sp³-hybridized carbons (Fsp3) is 0.333. The molecule has 0 saturated carbocycles. The molecule has 0 spiro atoms. The van der Waals surface area contributed by atoms with Crippen LogP contribution in [-0.4, -0.2) is 87.1 Å². The molecular weight excluding hydrogens is 823 g/mol. The van der Waals surface area contributed by atoms with Crippen LogP contribution >= 0.6 is 0 Å². The predicted octanol–water partition coefficient (Wildman–Crippen LogP) is 8.55. The van der Waals surface area contributed by atoms with Crippen molar-refractivity contribution in [2.45, 2.75) is 69.6 Å². The molecule has 16 heteroatoms. The van der Waals surface area contributed by atoms with E-state index in [1.54, 1.807) is 64.5 Å². The fourth-order valence-corrected chi connectivity index (χ4v) is 9.37. The van der Waals surface area contributed by atoms with Crippen molar-refractivity contribution in [2.75, 3.05) is 27.3 Å². The summed E-state index contributed by atoms with van der Waals surface area (Å²) in [5, 5.41) is 5.34. The molecular formula is C48H48F2N8O6. The molecule has 64 heavy (non-hydrogen) atoms. The van der Waals surface area contributed by atoms with Gasteiger partial charge in [-0.15, -0.1) is 0 Å². The number of halogens is 2. The van der Waals surface area contributed by atoms with Crippen molar-refractivity contribution < 1.29 is 37.4 Å². The van der Waals surface area contributed by atoms with E-state index in [2.05, 4.69) is 25.6 Å². The Morgan fingerprint density at radius 2 is 1.33 bits per heavy atom. The summed E-state index contributed by atoms with van der Waals surface area (Å²) in [5.41, 5.74) is 5.09. The number of nitrogens with zero attached hydrogens (tertiary/aromatic N) is 4. The van der Waals surface area contributed by atoms with Crippen LogP contribution < -0.4 is 10.6 Å². The van der Waals surface area contributed by atoms with E-state index in [0.717, 1.165) is 12.8 Å². The van der Waals surface area contributed by atoms with Gasteiger partial charge in [-0.25, -0.2) is 19.6 Å². The van der Waals surface area contributed by atoms with Crippen molar-refractivity contribution in [3.63, 3.8) is 0 Å². The number of likely N-dealkylation sites (tertiary alicyclic amines) is 2. The lowest BCUT2D eigenvalue weighted by Gasteiger charge is -2.30. The first-order valence-corrected chi connectivity index (χ1v) is 21.4. The Kier molecular flexibility index (Phi) is 11.1. The number of aromatic amines is 2. The SMILES string of the molecule is COC(=O)NC(C(=O)N1CCC[C@H]1c1ncc(-c2ccc3c(c2)C(F)(F)c2cc(-c4ccc5nc([C@@H]6CCCN6C(=O)[C@H](NC(=O)OC)c6ccccc6)[nH]c5c4)ccc2-3)[nH]1)C(C)C. The number of alkyl carbamates (subject to hydrolysis) is 2. The van der Waals surface area contributed by atoms with Gasteiger partial charge in [-0.1, -0.05) is 74.5 Å². The number of hydrogen-bond donors (Lipinski definition) is 4. The van der Waals surface area contributed by atoms with E-state index in [9.17, 15) is 19.2 Å². The van der Waals surface area contributed by atoms with E-state index in [-0.39, 0.29) is 40.9 Å². The highest BCUT2D eigenvalue weighted by atomic mass is 19.3. The van der Waals surface area contributed by atoms with Gasteiger partial charge in [-0.05, 0) is 83.7 Å². The minimum absolute atomic E-state index is 0.0955. The Morgan fingerprint density at radius 3 is 2.00 bits per heavy atom. The maximum Gasteiger partial charge on any atom is 0.407 e. The highest BCUT2D eigenvalue weighted by Gasteiger charge is 2.45. The van der Waals surface area contributed by atoms with E-state index >= 15 is 8.78 Å². The van der Waals surface area contributed by atoms with Gasteiger partial charge in [0, 0.05) is 29.8 Å². The number of H-pyrrole nitrogens is 2. The first-order valence-electron chi connectivity index (χ1n) is 21.4. The first kappa shape index (κ1) is 42.2. The van der Waals surface area contributed by atoms with Gasteiger partial charge in [0.15, 0.2) is 0 Å². The quantitative estimate of drug-likeness (QED) is 0.106. The summed E-state index contributed by atoms with van der Waals surface area (Å²) >= 11 is 0. The van der Waals surface area contributed by atoms with E-state index in [4.69, 9.17) is 14.5 Å². The summed E-state index contributed by atoms with van der Waals surface area (Å²) in [6.45, 7) is 4.67. The largest absolute Gasteiger partial charge is 0.453 e. The monoisotopic (exact) mass is 870 g/mol. The summed E-state index contributed by atoms with van der Waals surface area (Å²) in [6.07, 6.45) is 3.01. The molecule has 4 heterocycles. The Morgan fingerprint density at radius 1 is 0.734 bits per heavy atom. The summed E-state index contributed by atoms with van der Waals surface area (Å²) in [6, 6.07) is 22.2. The maximum absolute atomic E-state index is 16.6. The number of aromatic nitrogens is 4. The zero-order valence-electron chi connectivity index (χ0n) is 35.8. The van der Waals surface area contributed by atoms with Gasteiger partial charge < -0.3 is 39.9 Å². The molecule has 0 radical (unpaired) electrons. The standard InChI is InChI=1S/C48H48F2N8O6/c1-26(2)40(55-46(61)63-3)44(59)57-20-8-12-38(57)42-51-25-37(54-42)30-15-18-32-31-17-14-28(22-33(31)48(49,50)34(32)23-30)29-16-19-35-36(24-29)53-43(52-35)39-13-9-21-58(39)45(60)41(56-47(62)64-4)27-10-6-5-7-11-27/h5-7,10-11,14-19,22-26,38-41H,8-9,12-13,20-21H2,1-4H3,(H,51,54)(H,52,53)(H,55,61)(H,56,62)/t38-,39-,40?,41+/m0/s1. The number of hydrogen-bond acceptors (Lipinski definition) is 8. The average Bonchev–Trinajstić information content (AvgIpc) is 4.17. The van der Waals surface area contributed by atoms with Crippen molar-refractivity contribution in [2.24, 2.45) is 5.92 Å². The molecule has 4 amide bonds. The van der Waals surface area contributed by atoms with Gasteiger partial charge in [0.25, 0.3) is 11.8 Å². The zero-order valence-corrected chi connectivity index (χ0v) is 35.8. The normalized spacial score (nSPS) is 18.4. The molecule has 4 N–H and O–H groups in total. The van der Waals surface area contributed by atoms with Gasteiger partial charge in [0.05, 0.1) is 49.2 Å². The van der Waals surface area contributed by atoms with Gasteiger partial charge in [0.2, 0.25) is 5.91 Å². The molecule has 4 atom stereocenters. The van der Waals surface area contributed by atoms with E-state index in [1.165, 1.54) is 20.3 Å². The topological polar surface area (TPSA) is 175 Å². The molecule has 330 valence electrons. The molecule has 2 aliphatic heterocycles. The van der Waals surface area contributed by atoms with Crippen molar-refractivity contribution in [1.29, 1.82) is 0 Å². The molecule has 2 fully saturated rings. The number of carbonyl (C=O) groups is 4. The fourth-order valence-electron chi connectivity index (χ4n) is 9.37. The maximum atomic E-state index is 16.6. The Balaban J connectivity index is 0.939. The van der Waals surface area contributed by atoms with Crippen LogP contribution in [0.4, 0.5) is 18.4 Å². The summed E-state index contributed by atoms with van der Waals surface area (Å²) in [4.78, 5) is 71.6. The van der Waals surface area contributed by atoms with Crippen LogP contribution in [0.2, 0.25) is 0 Å². The summed E-state index contributed by atoms with van der Waals surface area (Å²) in [7, 11) is 2.50. The lowest BCUT2D eigenvalue weighted by atomic mass is 9.98. The number of carbonyl (C=O) groups excluding carboxylic acids is 4. The van der Waals surface area contributed by atoms with Crippen LogP contribution in [0.25, 0.3) is 44.5 Å². The van der Waals surface area contributed by atoms with Crippen molar-refractivity contribution in [3.05, 3.63) is 119 Å². The molecule has 9 rings (SSSR count). The third-order valence-corrected chi connectivity index (χ3v) is 12.7. The van der Waals surface area contributed by atoms with Crippen LogP contribution in [0, 0.1) is 5.92 Å². The van der Waals surface area contributed by atoms with Crippen LogP contribution in [-0.2, 0) is 25.0 Å². The molecule has 3 aliphatic rings. The lowest BCUT2D eigenvalue weighted by Crippen LogP contribution is -2.51. The second-order valence-electron chi connectivity index (χ2n) is 16.8. The molecule has 1 aliphatic carbocycles. The van der Waals surface area contributed by atoms with Crippen molar-refractivity contribution in [3.8, 4) is 33.5 Å². The van der Waals surface area contributed by atoms with Crippen LogP contribution in [0.15, 0.2) is 91.1 Å². The van der Waals surface area contributed by atoms with Crippen molar-refractivity contribution >= 4 is 35.0 Å². The van der Waals surface area contributed by atoms with Crippen LogP contribution in [0.1, 0.15) is 86.0 Å². The second kappa shape index (κ2) is 16.9. The number of ether oxygens (including phenoxy) is 2. The van der Waals surface area contributed by atoms with Gasteiger partial charge in [-0.3, -0.25) is 9.59 Å². The van der Waals surface area contributed by atoms with E-state index in [1.807, 2.05) is 44.2 Å². The zero-order chi connectivity index (χ0) is 44.9. The minimum atomic E-state index is -3.29. The summed E-state index contributed by atoms with van der Waals surface area (Å²) < 4.78 is 42.7. The number of imidazole rings is 2. The minimum Gasteiger partial charge on any atom is -0.453 e. The van der Waals surface area contributed by atoms with Gasteiger partial charge in [0.1, 0.15) is 23.7 Å². The molecule has 14 nitrogen and oxygen atoms in total. The van der Waals surface area contributed by atoms with Gasteiger partial charge in [-0.2, -0.15) is 8.78 Å². The number of alkyl halides is 2. The third-order valence-electron chi connectivity index (χ3n) is 12.7. The Hall–Kier alpha value is -7.10. The smallest absolute Gasteiger partial charge is 0.407 e. The predicted molar refractivity (Wildman–Crippen MR) is 234 cm³/mol. The Labute approximate surface area is 367 Å². The number of nitrogens with one attached hydrogen (secondary N) is 4. The molecule has 6 aromatic rings. The number of rotatable bonds is 10. The average molecular weight is 871 g/mol. The third kappa shape index (κ3) is 7.60. The molecule has 0 bridgehead atoms. The number of benzene rings is 4.